The summed E-state index contributed by atoms with van der Waals surface area (Å²) in [4.78, 5) is 4.26. The Hall–Kier alpha value is -2.88. The van der Waals surface area contributed by atoms with Crippen LogP contribution in [0.3, 0.4) is 0 Å². The summed E-state index contributed by atoms with van der Waals surface area (Å²) in [5, 5.41) is 18.2. The number of aryl methyl sites for hydroxylation is 1. The molecule has 4 nitrogen and oxygen atoms in total. The molecule has 0 aliphatic heterocycles. The van der Waals surface area contributed by atoms with E-state index in [1.165, 1.54) is 0 Å². The smallest absolute Gasteiger partial charge is 0.313 e. The number of hydrogen-bond acceptors (Lipinski definition) is 4. The lowest BCUT2D eigenvalue weighted by atomic mass is 10.0. The largest absolute Gasteiger partial charge is 0.479 e. The molecule has 21 heavy (non-hydrogen) atoms. The lowest BCUT2D eigenvalue weighted by Crippen LogP contribution is -2.04. The molecule has 0 saturated carbocycles. The SMILES string of the molecule is Cc1ccccc1C(=N)c1nc(-c2ccccc2)oc1O. The highest BCUT2D eigenvalue weighted by atomic mass is 16.5. The van der Waals surface area contributed by atoms with Crippen LogP contribution in [0.4, 0.5) is 0 Å². The second kappa shape index (κ2) is 5.25. The number of aromatic nitrogens is 1. The fraction of sp³-hybridized carbons (Fsp3) is 0.0588. The number of hydrogen-bond donors (Lipinski definition) is 2. The molecule has 4 heteroatoms. The van der Waals surface area contributed by atoms with Gasteiger partial charge < -0.3 is 9.52 Å². The van der Waals surface area contributed by atoms with Crippen molar-refractivity contribution in [1.82, 2.24) is 4.98 Å². The molecule has 104 valence electrons. The molecule has 2 aromatic carbocycles. The minimum atomic E-state index is -0.331. The predicted octanol–water partition coefficient (Wildman–Crippen LogP) is 3.77. The Morgan fingerprint density at radius 3 is 2.43 bits per heavy atom. The van der Waals surface area contributed by atoms with Crippen LogP contribution in [0, 0.1) is 12.3 Å². The molecule has 0 atom stereocenters. The second-order valence-corrected chi connectivity index (χ2v) is 4.73. The molecule has 0 radical (unpaired) electrons. The van der Waals surface area contributed by atoms with Gasteiger partial charge in [0, 0.05) is 11.1 Å². The normalized spacial score (nSPS) is 10.5. The highest BCUT2D eigenvalue weighted by Gasteiger charge is 2.19. The molecule has 0 amide bonds. The third-order valence-electron chi connectivity index (χ3n) is 3.28. The minimum Gasteiger partial charge on any atom is -0.479 e. The van der Waals surface area contributed by atoms with E-state index in [1.54, 1.807) is 0 Å². The third-order valence-corrected chi connectivity index (χ3v) is 3.28. The Bertz CT molecular complexity index is 792. The zero-order chi connectivity index (χ0) is 14.8. The van der Waals surface area contributed by atoms with Crippen LogP contribution < -0.4 is 0 Å². The molecule has 0 aliphatic carbocycles. The van der Waals surface area contributed by atoms with Gasteiger partial charge >= 0.3 is 5.95 Å². The number of benzene rings is 2. The highest BCUT2D eigenvalue weighted by Crippen LogP contribution is 2.28. The standard InChI is InChI=1S/C17H14N2O2/c1-11-7-5-6-10-13(11)14(18)15-17(20)21-16(19-15)12-8-3-2-4-9-12/h2-10,18,20H,1H3. The quantitative estimate of drug-likeness (QED) is 0.716. The maximum atomic E-state index is 9.95. The van der Waals surface area contributed by atoms with Crippen LogP contribution in [0.5, 0.6) is 5.95 Å². The maximum absolute atomic E-state index is 9.95. The van der Waals surface area contributed by atoms with Crippen molar-refractivity contribution < 1.29 is 9.52 Å². The van der Waals surface area contributed by atoms with E-state index in [-0.39, 0.29) is 17.4 Å². The molecule has 2 N–H and O–H groups in total. The molecule has 0 aliphatic rings. The second-order valence-electron chi connectivity index (χ2n) is 4.73. The Kier molecular flexibility index (Phi) is 3.28. The minimum absolute atomic E-state index is 0.150. The summed E-state index contributed by atoms with van der Waals surface area (Å²) in [5.41, 5.74) is 2.74. The van der Waals surface area contributed by atoms with Gasteiger partial charge in [-0.1, -0.05) is 42.5 Å². The van der Waals surface area contributed by atoms with Crippen molar-refractivity contribution >= 4 is 5.71 Å². The van der Waals surface area contributed by atoms with Crippen molar-refractivity contribution in [3.8, 4) is 17.4 Å². The van der Waals surface area contributed by atoms with Gasteiger partial charge in [-0.05, 0) is 24.6 Å². The number of rotatable bonds is 3. The fourth-order valence-electron chi connectivity index (χ4n) is 2.16. The lowest BCUT2D eigenvalue weighted by Gasteiger charge is -2.04. The first kappa shape index (κ1) is 13.1. The van der Waals surface area contributed by atoms with Gasteiger partial charge in [-0.15, -0.1) is 0 Å². The predicted molar refractivity (Wildman–Crippen MR) is 80.7 cm³/mol. The Labute approximate surface area is 122 Å². The summed E-state index contributed by atoms with van der Waals surface area (Å²) in [6.07, 6.45) is 0. The van der Waals surface area contributed by atoms with Gasteiger partial charge in [-0.3, -0.25) is 5.41 Å². The number of nitrogens with one attached hydrogen (secondary N) is 1. The summed E-state index contributed by atoms with van der Waals surface area (Å²) in [5.74, 6) is -0.0245. The molecular formula is C17H14N2O2. The molecule has 3 rings (SSSR count). The van der Waals surface area contributed by atoms with Crippen LogP contribution in [0.25, 0.3) is 11.5 Å². The zero-order valence-corrected chi connectivity index (χ0v) is 11.5. The van der Waals surface area contributed by atoms with Crippen molar-refractivity contribution in [3.63, 3.8) is 0 Å². The molecule has 0 unspecified atom stereocenters. The summed E-state index contributed by atoms with van der Waals surface area (Å²) in [7, 11) is 0. The van der Waals surface area contributed by atoms with Crippen LogP contribution >= 0.6 is 0 Å². The van der Waals surface area contributed by atoms with E-state index in [0.29, 0.717) is 5.89 Å². The van der Waals surface area contributed by atoms with Crippen molar-refractivity contribution in [2.75, 3.05) is 0 Å². The van der Waals surface area contributed by atoms with E-state index < -0.39 is 0 Å². The van der Waals surface area contributed by atoms with Gasteiger partial charge in [0.15, 0.2) is 5.69 Å². The molecule has 0 fully saturated rings. The van der Waals surface area contributed by atoms with E-state index in [1.807, 2.05) is 61.5 Å². The fourth-order valence-corrected chi connectivity index (χ4v) is 2.16. The van der Waals surface area contributed by atoms with Gasteiger partial charge in [-0.25, -0.2) is 4.98 Å². The molecule has 0 saturated heterocycles. The summed E-state index contributed by atoms with van der Waals surface area (Å²) < 4.78 is 5.29. The molecular weight excluding hydrogens is 264 g/mol. The van der Waals surface area contributed by atoms with Gasteiger partial charge in [0.25, 0.3) is 0 Å². The van der Waals surface area contributed by atoms with E-state index in [2.05, 4.69) is 4.98 Å². The zero-order valence-electron chi connectivity index (χ0n) is 11.5. The molecule has 0 spiro atoms. The van der Waals surface area contributed by atoms with Gasteiger partial charge in [0.2, 0.25) is 5.89 Å². The van der Waals surface area contributed by atoms with Crippen molar-refractivity contribution in [2.45, 2.75) is 6.92 Å². The van der Waals surface area contributed by atoms with Crippen LogP contribution in [0.2, 0.25) is 0 Å². The number of aromatic hydroxyl groups is 1. The first-order valence-corrected chi connectivity index (χ1v) is 6.57. The van der Waals surface area contributed by atoms with E-state index >= 15 is 0 Å². The van der Waals surface area contributed by atoms with Crippen LogP contribution in [-0.4, -0.2) is 15.8 Å². The van der Waals surface area contributed by atoms with Gasteiger partial charge in [-0.2, -0.15) is 0 Å². The first-order valence-electron chi connectivity index (χ1n) is 6.57. The van der Waals surface area contributed by atoms with Gasteiger partial charge in [0.1, 0.15) is 0 Å². The van der Waals surface area contributed by atoms with Crippen LogP contribution in [0.15, 0.2) is 59.0 Å². The molecule has 1 aromatic heterocycles. The third kappa shape index (κ3) is 2.43. The summed E-state index contributed by atoms with van der Waals surface area (Å²) >= 11 is 0. The number of oxazole rings is 1. The summed E-state index contributed by atoms with van der Waals surface area (Å²) in [6, 6.07) is 16.8. The average Bonchev–Trinajstić information content (AvgIpc) is 2.90. The molecule has 3 aromatic rings. The average molecular weight is 278 g/mol. The Morgan fingerprint density at radius 1 is 1.05 bits per heavy atom. The van der Waals surface area contributed by atoms with E-state index in [9.17, 15) is 5.11 Å². The molecule has 1 heterocycles. The molecule has 0 bridgehead atoms. The Morgan fingerprint density at radius 2 is 1.71 bits per heavy atom. The van der Waals surface area contributed by atoms with Crippen molar-refractivity contribution in [1.29, 1.82) is 5.41 Å². The maximum Gasteiger partial charge on any atom is 0.313 e. The number of nitrogens with zero attached hydrogens (tertiary/aromatic N) is 1. The van der Waals surface area contributed by atoms with Crippen molar-refractivity contribution in [3.05, 3.63) is 71.4 Å². The monoisotopic (exact) mass is 278 g/mol. The Balaban J connectivity index is 2.03. The topological polar surface area (TPSA) is 70.1 Å². The lowest BCUT2D eigenvalue weighted by molar-refractivity contribution is 0.336. The highest BCUT2D eigenvalue weighted by molar-refractivity contribution is 6.11. The van der Waals surface area contributed by atoms with Crippen LogP contribution in [-0.2, 0) is 0 Å². The van der Waals surface area contributed by atoms with E-state index in [0.717, 1.165) is 16.7 Å². The van der Waals surface area contributed by atoms with Crippen LogP contribution in [0.1, 0.15) is 16.8 Å². The van der Waals surface area contributed by atoms with Gasteiger partial charge in [0.05, 0.1) is 5.71 Å². The summed E-state index contributed by atoms with van der Waals surface area (Å²) in [6.45, 7) is 1.92. The van der Waals surface area contributed by atoms with E-state index in [4.69, 9.17) is 9.83 Å². The first-order chi connectivity index (χ1) is 10.2. The van der Waals surface area contributed by atoms with Crippen molar-refractivity contribution in [2.24, 2.45) is 0 Å².